The summed E-state index contributed by atoms with van der Waals surface area (Å²) in [6, 6.07) is 15.1. The maximum absolute atomic E-state index is 12.5. The van der Waals surface area contributed by atoms with E-state index in [4.69, 9.17) is 9.47 Å². The quantitative estimate of drug-likeness (QED) is 0.719. The van der Waals surface area contributed by atoms with Crippen LogP contribution in [0.3, 0.4) is 0 Å². The number of benzene rings is 2. The third-order valence-corrected chi connectivity index (χ3v) is 4.76. The van der Waals surface area contributed by atoms with Gasteiger partial charge in [-0.05, 0) is 38.1 Å². The van der Waals surface area contributed by atoms with Crippen molar-refractivity contribution < 1.29 is 19.1 Å². The number of carbonyl (C=O) groups excluding carboxylic acids is 2. The van der Waals surface area contributed by atoms with Gasteiger partial charge < -0.3 is 19.3 Å². The fourth-order valence-corrected chi connectivity index (χ4v) is 3.20. The summed E-state index contributed by atoms with van der Waals surface area (Å²) in [5, 5.41) is 0. The van der Waals surface area contributed by atoms with Crippen molar-refractivity contribution in [3.8, 4) is 5.75 Å². The van der Waals surface area contributed by atoms with E-state index in [1.54, 1.807) is 17.9 Å². The minimum Gasteiger partial charge on any atom is -0.484 e. The van der Waals surface area contributed by atoms with Gasteiger partial charge in [-0.2, -0.15) is 0 Å². The van der Waals surface area contributed by atoms with Crippen LogP contribution in [0.1, 0.15) is 22.8 Å². The average Bonchev–Trinajstić information content (AvgIpc) is 2.73. The van der Waals surface area contributed by atoms with Crippen LogP contribution in [0, 0.1) is 6.92 Å². The molecule has 0 unspecified atom stereocenters. The van der Waals surface area contributed by atoms with Crippen molar-refractivity contribution in [2.24, 2.45) is 0 Å². The Hall–Kier alpha value is -3.02. The molecule has 1 heterocycles. The summed E-state index contributed by atoms with van der Waals surface area (Å²) < 4.78 is 10.8. The van der Waals surface area contributed by atoms with E-state index in [9.17, 15) is 9.59 Å². The van der Waals surface area contributed by atoms with Crippen molar-refractivity contribution >= 4 is 17.6 Å². The van der Waals surface area contributed by atoms with E-state index < -0.39 is 0 Å². The summed E-state index contributed by atoms with van der Waals surface area (Å²) in [6.07, 6.45) is 0. The zero-order valence-corrected chi connectivity index (χ0v) is 16.4. The SMILES string of the molecule is CCOC(=O)c1ccccc1N1CCN(C(=O)COc2ccc(C)cc2)CC1. The molecular formula is C22H26N2O4. The first-order chi connectivity index (χ1) is 13.6. The van der Waals surface area contributed by atoms with E-state index in [-0.39, 0.29) is 18.5 Å². The lowest BCUT2D eigenvalue weighted by atomic mass is 10.1. The highest BCUT2D eigenvalue weighted by atomic mass is 16.5. The molecule has 0 N–H and O–H groups in total. The van der Waals surface area contributed by atoms with Gasteiger partial charge in [-0.15, -0.1) is 0 Å². The number of nitrogens with zero attached hydrogens (tertiary/aromatic N) is 2. The lowest BCUT2D eigenvalue weighted by Gasteiger charge is -2.36. The van der Waals surface area contributed by atoms with Crippen LogP contribution in [0.15, 0.2) is 48.5 Å². The first-order valence-electron chi connectivity index (χ1n) is 9.57. The molecule has 0 aliphatic carbocycles. The number of hydrogen-bond acceptors (Lipinski definition) is 5. The minimum absolute atomic E-state index is 0.0288. The maximum atomic E-state index is 12.5. The highest BCUT2D eigenvalue weighted by molar-refractivity contribution is 5.96. The van der Waals surface area contributed by atoms with Gasteiger partial charge in [-0.25, -0.2) is 4.79 Å². The molecule has 148 valence electrons. The number of aryl methyl sites for hydroxylation is 1. The van der Waals surface area contributed by atoms with Crippen LogP contribution in [-0.2, 0) is 9.53 Å². The Morgan fingerprint density at radius 2 is 1.64 bits per heavy atom. The lowest BCUT2D eigenvalue weighted by Crippen LogP contribution is -2.50. The minimum atomic E-state index is -0.317. The molecule has 0 radical (unpaired) electrons. The largest absolute Gasteiger partial charge is 0.484 e. The maximum Gasteiger partial charge on any atom is 0.340 e. The van der Waals surface area contributed by atoms with Gasteiger partial charge in [0, 0.05) is 26.2 Å². The summed E-state index contributed by atoms with van der Waals surface area (Å²) in [7, 11) is 0. The summed E-state index contributed by atoms with van der Waals surface area (Å²) in [6.45, 7) is 6.68. The molecule has 28 heavy (non-hydrogen) atoms. The van der Waals surface area contributed by atoms with Crippen LogP contribution in [0.4, 0.5) is 5.69 Å². The molecule has 1 fully saturated rings. The first kappa shape index (κ1) is 19.7. The third kappa shape index (κ3) is 4.82. The molecule has 1 aliphatic heterocycles. The molecule has 1 amide bonds. The van der Waals surface area contributed by atoms with E-state index in [1.165, 1.54) is 0 Å². The molecule has 2 aromatic rings. The van der Waals surface area contributed by atoms with Crippen LogP contribution in [0.25, 0.3) is 0 Å². The molecule has 0 saturated carbocycles. The third-order valence-electron chi connectivity index (χ3n) is 4.76. The van der Waals surface area contributed by atoms with Crippen molar-refractivity contribution in [3.05, 3.63) is 59.7 Å². The summed E-state index contributed by atoms with van der Waals surface area (Å²) >= 11 is 0. The number of carbonyl (C=O) groups is 2. The Labute approximate surface area is 165 Å². The van der Waals surface area contributed by atoms with E-state index in [2.05, 4.69) is 4.90 Å². The fourth-order valence-electron chi connectivity index (χ4n) is 3.20. The normalized spacial score (nSPS) is 13.9. The van der Waals surface area contributed by atoms with Crippen LogP contribution in [-0.4, -0.2) is 56.2 Å². The number of anilines is 1. The molecule has 3 rings (SSSR count). The second kappa shape index (κ2) is 9.26. The van der Waals surface area contributed by atoms with Gasteiger partial charge in [0.15, 0.2) is 6.61 Å². The number of esters is 1. The molecule has 6 heteroatoms. The van der Waals surface area contributed by atoms with Crippen molar-refractivity contribution in [1.29, 1.82) is 0 Å². The van der Waals surface area contributed by atoms with Crippen LogP contribution < -0.4 is 9.64 Å². The van der Waals surface area contributed by atoms with E-state index >= 15 is 0 Å². The number of ether oxygens (including phenoxy) is 2. The summed E-state index contributed by atoms with van der Waals surface area (Å²) in [4.78, 5) is 28.6. The van der Waals surface area contributed by atoms with Crippen LogP contribution in [0.5, 0.6) is 5.75 Å². The highest BCUT2D eigenvalue weighted by Crippen LogP contribution is 2.23. The Balaban J connectivity index is 1.55. The second-order valence-electron chi connectivity index (χ2n) is 6.71. The molecule has 1 saturated heterocycles. The molecule has 0 spiro atoms. The monoisotopic (exact) mass is 382 g/mol. The van der Waals surface area contributed by atoms with Gasteiger partial charge in [-0.1, -0.05) is 29.8 Å². The topological polar surface area (TPSA) is 59.1 Å². The van der Waals surface area contributed by atoms with Gasteiger partial charge in [0.2, 0.25) is 0 Å². The van der Waals surface area contributed by atoms with Crippen LogP contribution >= 0.6 is 0 Å². The Kier molecular flexibility index (Phi) is 6.53. The Morgan fingerprint density at radius 3 is 2.32 bits per heavy atom. The van der Waals surface area contributed by atoms with Gasteiger partial charge >= 0.3 is 5.97 Å². The van der Waals surface area contributed by atoms with Gasteiger partial charge in [-0.3, -0.25) is 4.79 Å². The Morgan fingerprint density at radius 1 is 0.964 bits per heavy atom. The number of amides is 1. The number of rotatable bonds is 6. The predicted molar refractivity (Wildman–Crippen MR) is 108 cm³/mol. The Bertz CT molecular complexity index is 812. The average molecular weight is 382 g/mol. The highest BCUT2D eigenvalue weighted by Gasteiger charge is 2.24. The zero-order valence-electron chi connectivity index (χ0n) is 16.4. The molecule has 1 aliphatic rings. The van der Waals surface area contributed by atoms with E-state index in [0.29, 0.717) is 44.1 Å². The van der Waals surface area contributed by atoms with E-state index in [1.807, 2.05) is 49.4 Å². The van der Waals surface area contributed by atoms with Crippen molar-refractivity contribution in [1.82, 2.24) is 4.90 Å². The van der Waals surface area contributed by atoms with Gasteiger partial charge in [0.1, 0.15) is 5.75 Å². The molecule has 2 aromatic carbocycles. The van der Waals surface area contributed by atoms with Crippen molar-refractivity contribution in [2.45, 2.75) is 13.8 Å². The zero-order chi connectivity index (χ0) is 19.9. The van der Waals surface area contributed by atoms with Crippen molar-refractivity contribution in [3.63, 3.8) is 0 Å². The molecular weight excluding hydrogens is 356 g/mol. The molecule has 6 nitrogen and oxygen atoms in total. The summed E-state index contributed by atoms with van der Waals surface area (Å²) in [5.41, 5.74) is 2.56. The van der Waals surface area contributed by atoms with Crippen LogP contribution in [0.2, 0.25) is 0 Å². The summed E-state index contributed by atoms with van der Waals surface area (Å²) in [5.74, 6) is 0.350. The second-order valence-corrected chi connectivity index (χ2v) is 6.71. The van der Waals surface area contributed by atoms with E-state index in [0.717, 1.165) is 11.3 Å². The van der Waals surface area contributed by atoms with Gasteiger partial charge in [0.05, 0.1) is 17.9 Å². The number of para-hydroxylation sites is 1. The smallest absolute Gasteiger partial charge is 0.340 e. The standard InChI is InChI=1S/C22H26N2O4/c1-3-27-22(26)19-6-4-5-7-20(19)23-12-14-24(15-13-23)21(25)16-28-18-10-8-17(2)9-11-18/h4-11H,3,12-16H2,1-2H3. The number of hydrogen-bond donors (Lipinski definition) is 0. The fraction of sp³-hybridized carbons (Fsp3) is 0.364. The molecule has 0 atom stereocenters. The lowest BCUT2D eigenvalue weighted by molar-refractivity contribution is -0.133. The molecule has 0 bridgehead atoms. The van der Waals surface area contributed by atoms with Gasteiger partial charge in [0.25, 0.3) is 5.91 Å². The number of piperazine rings is 1. The van der Waals surface area contributed by atoms with Crippen molar-refractivity contribution in [2.75, 3.05) is 44.3 Å². The first-order valence-corrected chi connectivity index (χ1v) is 9.57. The molecule has 0 aromatic heterocycles. The predicted octanol–water partition coefficient (Wildman–Crippen LogP) is 2.90.